The third-order valence-corrected chi connectivity index (χ3v) is 5.54. The van der Waals surface area contributed by atoms with Crippen LogP contribution < -0.4 is 10.6 Å². The molecule has 28 heavy (non-hydrogen) atoms. The number of amides is 1. The van der Waals surface area contributed by atoms with E-state index in [1.165, 1.54) is 25.7 Å². The lowest BCUT2D eigenvalue weighted by molar-refractivity contribution is 0.0507. The maximum atomic E-state index is 12.0. The summed E-state index contributed by atoms with van der Waals surface area (Å²) in [6.07, 6.45) is 6.75. The summed E-state index contributed by atoms with van der Waals surface area (Å²) < 4.78 is 10.7. The minimum Gasteiger partial charge on any atom is -0.444 e. The zero-order valence-electron chi connectivity index (χ0n) is 18.2. The number of hydrogen-bond acceptors (Lipinski definition) is 4. The van der Waals surface area contributed by atoms with Gasteiger partial charge < -0.3 is 25.0 Å². The van der Waals surface area contributed by atoms with Crippen molar-refractivity contribution in [1.82, 2.24) is 15.5 Å². The summed E-state index contributed by atoms with van der Waals surface area (Å²) in [6, 6.07) is 0.0901. The number of nitrogens with zero attached hydrogens (tertiary/aromatic N) is 2. The highest BCUT2D eigenvalue weighted by Gasteiger charge is 2.34. The van der Waals surface area contributed by atoms with Crippen LogP contribution in [0.2, 0.25) is 0 Å². The first-order valence-corrected chi connectivity index (χ1v) is 10.2. The van der Waals surface area contributed by atoms with E-state index >= 15 is 0 Å². The minimum atomic E-state index is -0.474. The van der Waals surface area contributed by atoms with Crippen LogP contribution in [0, 0.1) is 5.41 Å². The van der Waals surface area contributed by atoms with Gasteiger partial charge in [-0.2, -0.15) is 0 Å². The van der Waals surface area contributed by atoms with Gasteiger partial charge in [0, 0.05) is 40.4 Å². The molecule has 0 aromatic carbocycles. The number of likely N-dealkylation sites (tertiary alicyclic amines) is 1. The minimum absolute atomic E-state index is 0. The fourth-order valence-electron chi connectivity index (χ4n) is 4.10. The molecule has 164 valence electrons. The molecular weight excluding hydrogens is 471 g/mol. The van der Waals surface area contributed by atoms with Crippen LogP contribution in [0.15, 0.2) is 4.99 Å². The second-order valence-corrected chi connectivity index (χ2v) is 8.93. The van der Waals surface area contributed by atoms with Crippen molar-refractivity contribution in [2.24, 2.45) is 10.4 Å². The molecule has 0 radical (unpaired) electrons. The van der Waals surface area contributed by atoms with Gasteiger partial charge in [-0.15, -0.1) is 24.0 Å². The molecule has 0 unspecified atom stereocenters. The smallest absolute Gasteiger partial charge is 0.407 e. The molecule has 2 fully saturated rings. The number of hydrogen-bond donors (Lipinski definition) is 2. The molecular formula is C20H39IN4O3. The summed E-state index contributed by atoms with van der Waals surface area (Å²) in [5, 5.41) is 6.57. The van der Waals surface area contributed by atoms with E-state index in [4.69, 9.17) is 9.47 Å². The highest BCUT2D eigenvalue weighted by atomic mass is 127. The molecule has 1 amide bonds. The van der Waals surface area contributed by atoms with Gasteiger partial charge in [-0.05, 0) is 51.9 Å². The number of alkyl carbamates (subject to hydrolysis) is 1. The third-order valence-electron chi connectivity index (χ3n) is 5.54. The largest absolute Gasteiger partial charge is 0.444 e. The zero-order chi connectivity index (χ0) is 19.9. The Balaban J connectivity index is 0.00000392. The van der Waals surface area contributed by atoms with Crippen molar-refractivity contribution in [3.05, 3.63) is 0 Å². The monoisotopic (exact) mass is 510 g/mol. The van der Waals surface area contributed by atoms with E-state index in [-0.39, 0.29) is 36.1 Å². The highest BCUT2D eigenvalue weighted by molar-refractivity contribution is 14.0. The molecule has 0 aromatic heterocycles. The Bertz CT molecular complexity index is 516. The van der Waals surface area contributed by atoms with Crippen molar-refractivity contribution in [3.8, 4) is 0 Å². The topological polar surface area (TPSA) is 75.2 Å². The van der Waals surface area contributed by atoms with Crippen LogP contribution >= 0.6 is 24.0 Å². The Kier molecular flexibility index (Phi) is 10.3. The zero-order valence-corrected chi connectivity index (χ0v) is 20.5. The standard InChI is InChI=1S/C20H38N4O3.HI/c1-19(2,3)27-18(25)23-16-8-12-24(14-16)17(21-4)22-15-20(11-13-26-5)9-6-7-10-20;/h16H,6-15H2,1-5H3,(H,21,22)(H,23,25);1H/t16-;/m1./s1. The molecule has 0 spiro atoms. The molecule has 2 N–H and O–H groups in total. The molecule has 1 saturated heterocycles. The molecule has 1 heterocycles. The van der Waals surface area contributed by atoms with Gasteiger partial charge in [-0.1, -0.05) is 12.8 Å². The Morgan fingerprint density at radius 2 is 1.96 bits per heavy atom. The van der Waals surface area contributed by atoms with E-state index < -0.39 is 5.60 Å². The maximum Gasteiger partial charge on any atom is 0.407 e. The van der Waals surface area contributed by atoms with Crippen LogP contribution in [0.3, 0.4) is 0 Å². The van der Waals surface area contributed by atoms with Gasteiger partial charge in [0.05, 0.1) is 6.04 Å². The molecule has 0 bridgehead atoms. The van der Waals surface area contributed by atoms with Gasteiger partial charge in [-0.3, -0.25) is 4.99 Å². The summed E-state index contributed by atoms with van der Waals surface area (Å²) in [7, 11) is 3.60. The lowest BCUT2D eigenvalue weighted by Crippen LogP contribution is -2.46. The molecule has 1 saturated carbocycles. The lowest BCUT2D eigenvalue weighted by Gasteiger charge is -2.31. The van der Waals surface area contributed by atoms with Gasteiger partial charge in [0.15, 0.2) is 5.96 Å². The number of methoxy groups -OCH3 is 1. The Morgan fingerprint density at radius 3 is 2.54 bits per heavy atom. The number of aliphatic imine (C=N–C) groups is 1. The number of halogens is 1. The molecule has 2 rings (SSSR count). The van der Waals surface area contributed by atoms with Gasteiger partial charge in [0.25, 0.3) is 0 Å². The van der Waals surface area contributed by atoms with E-state index in [0.717, 1.165) is 45.0 Å². The van der Waals surface area contributed by atoms with Crippen molar-refractivity contribution in [1.29, 1.82) is 0 Å². The Morgan fingerprint density at radius 1 is 1.29 bits per heavy atom. The van der Waals surface area contributed by atoms with E-state index in [2.05, 4.69) is 20.5 Å². The van der Waals surface area contributed by atoms with E-state index in [1.807, 2.05) is 27.8 Å². The van der Waals surface area contributed by atoms with Crippen molar-refractivity contribution in [2.75, 3.05) is 40.4 Å². The third kappa shape index (κ3) is 7.93. The van der Waals surface area contributed by atoms with Crippen LogP contribution in [-0.2, 0) is 9.47 Å². The number of rotatable bonds is 6. The number of guanidine groups is 1. The maximum absolute atomic E-state index is 12.0. The second kappa shape index (κ2) is 11.4. The first kappa shape index (κ1) is 25.3. The van der Waals surface area contributed by atoms with Gasteiger partial charge in [0.2, 0.25) is 0 Å². The lowest BCUT2D eigenvalue weighted by atomic mass is 9.83. The first-order valence-electron chi connectivity index (χ1n) is 10.2. The van der Waals surface area contributed by atoms with Crippen molar-refractivity contribution >= 4 is 36.0 Å². The quantitative estimate of drug-likeness (QED) is 0.326. The van der Waals surface area contributed by atoms with Gasteiger partial charge in [0.1, 0.15) is 5.60 Å². The molecule has 0 aromatic rings. The normalized spacial score (nSPS) is 22.0. The van der Waals surface area contributed by atoms with Crippen LogP contribution in [0.1, 0.15) is 59.3 Å². The molecule has 1 atom stereocenters. The first-order chi connectivity index (χ1) is 12.8. The number of carbonyl (C=O) groups is 1. The highest BCUT2D eigenvalue weighted by Crippen LogP contribution is 2.40. The predicted octanol–water partition coefficient (Wildman–Crippen LogP) is 3.38. The number of nitrogens with one attached hydrogen (secondary N) is 2. The van der Waals surface area contributed by atoms with Gasteiger partial charge >= 0.3 is 6.09 Å². The number of carbonyl (C=O) groups excluding carboxylic acids is 1. The van der Waals surface area contributed by atoms with E-state index in [9.17, 15) is 4.79 Å². The fraction of sp³-hybridized carbons (Fsp3) is 0.900. The molecule has 7 nitrogen and oxygen atoms in total. The van der Waals surface area contributed by atoms with Crippen molar-refractivity contribution in [3.63, 3.8) is 0 Å². The Hall–Kier alpha value is -0.770. The molecule has 2 aliphatic rings. The van der Waals surface area contributed by atoms with E-state index in [0.29, 0.717) is 5.41 Å². The fourth-order valence-corrected chi connectivity index (χ4v) is 4.10. The second-order valence-electron chi connectivity index (χ2n) is 8.93. The number of ether oxygens (including phenoxy) is 2. The van der Waals surface area contributed by atoms with Gasteiger partial charge in [-0.25, -0.2) is 4.79 Å². The van der Waals surface area contributed by atoms with Crippen LogP contribution in [0.5, 0.6) is 0 Å². The molecule has 8 heteroatoms. The van der Waals surface area contributed by atoms with Crippen LogP contribution in [0.4, 0.5) is 4.79 Å². The van der Waals surface area contributed by atoms with Crippen LogP contribution in [-0.4, -0.2) is 69.0 Å². The predicted molar refractivity (Wildman–Crippen MR) is 124 cm³/mol. The summed E-state index contributed by atoms with van der Waals surface area (Å²) in [4.78, 5) is 18.7. The van der Waals surface area contributed by atoms with E-state index in [1.54, 1.807) is 7.11 Å². The van der Waals surface area contributed by atoms with Crippen molar-refractivity contribution in [2.45, 2.75) is 70.9 Å². The molecule has 1 aliphatic heterocycles. The SMILES string of the molecule is CN=C(NCC1(CCOC)CCCC1)N1CC[C@@H](NC(=O)OC(C)(C)C)C1.I. The van der Waals surface area contributed by atoms with Crippen LogP contribution in [0.25, 0.3) is 0 Å². The summed E-state index contributed by atoms with van der Waals surface area (Å²) >= 11 is 0. The van der Waals surface area contributed by atoms with Crippen molar-refractivity contribution < 1.29 is 14.3 Å². The summed E-state index contributed by atoms with van der Waals surface area (Å²) in [5.74, 6) is 0.923. The average molecular weight is 510 g/mol. The molecule has 1 aliphatic carbocycles. The Labute approximate surface area is 187 Å². The summed E-state index contributed by atoms with van der Waals surface area (Å²) in [6.45, 7) is 9.01. The summed E-state index contributed by atoms with van der Waals surface area (Å²) in [5.41, 5.74) is -0.155. The average Bonchev–Trinajstić information content (AvgIpc) is 3.22.